The van der Waals surface area contributed by atoms with Crippen LogP contribution in [-0.2, 0) is 11.2 Å². The van der Waals surface area contributed by atoms with E-state index < -0.39 is 12.1 Å². The molecule has 8 heteroatoms. The molecule has 0 fully saturated rings. The molecule has 1 rings (SSSR count). The van der Waals surface area contributed by atoms with Gasteiger partial charge in [0.2, 0.25) is 0 Å². The van der Waals surface area contributed by atoms with Crippen LogP contribution in [0.2, 0.25) is 0 Å². The van der Waals surface area contributed by atoms with Gasteiger partial charge in [0, 0.05) is 12.6 Å². The molecular weight excluding hydrogens is 291 g/mol. The van der Waals surface area contributed by atoms with Crippen molar-refractivity contribution in [1.82, 2.24) is 5.32 Å². The lowest BCUT2D eigenvalue weighted by Gasteiger charge is -2.14. The van der Waals surface area contributed by atoms with E-state index >= 15 is 0 Å². The average molecular weight is 307 g/mol. The number of halogens is 3. The Morgan fingerprint density at radius 3 is 2.05 bits per heavy atom. The molecule has 1 amide bonds. The number of carbonyl (C=O) groups is 1. The fourth-order valence-electron chi connectivity index (χ4n) is 1.70. The number of nitrogens with one attached hydrogen (secondary N) is 1. The minimum Gasteiger partial charge on any atom is -0.496 e. The molecule has 0 aliphatic heterocycles. The summed E-state index contributed by atoms with van der Waals surface area (Å²) in [7, 11) is 4.33. The number of hydrogen-bond acceptors (Lipinski definition) is 4. The third-order valence-corrected chi connectivity index (χ3v) is 2.72. The van der Waals surface area contributed by atoms with Gasteiger partial charge in [0.25, 0.3) is 0 Å². The Hall–Kier alpha value is -2.12. The van der Waals surface area contributed by atoms with Gasteiger partial charge in [-0.15, -0.1) is 0 Å². The Morgan fingerprint density at radius 2 is 1.57 bits per heavy atom. The topological polar surface area (TPSA) is 56.8 Å². The van der Waals surface area contributed by atoms with Gasteiger partial charge in [-0.1, -0.05) is 0 Å². The smallest absolute Gasteiger partial charge is 0.471 e. The van der Waals surface area contributed by atoms with Crippen molar-refractivity contribution in [1.29, 1.82) is 0 Å². The minimum absolute atomic E-state index is 0.158. The van der Waals surface area contributed by atoms with Crippen molar-refractivity contribution in [2.75, 3.05) is 27.9 Å². The Bertz CT molecular complexity index is 503. The zero-order valence-corrected chi connectivity index (χ0v) is 11.8. The first kappa shape index (κ1) is 16.9. The van der Waals surface area contributed by atoms with Crippen LogP contribution in [0, 0.1) is 0 Å². The molecule has 21 heavy (non-hydrogen) atoms. The largest absolute Gasteiger partial charge is 0.496 e. The summed E-state index contributed by atoms with van der Waals surface area (Å²) in [6.07, 6.45) is -4.73. The SMILES string of the molecule is COc1cc(OC)c(OC)cc1CCNC(=O)C(F)(F)F. The predicted molar refractivity (Wildman–Crippen MR) is 68.9 cm³/mol. The van der Waals surface area contributed by atoms with Crippen LogP contribution in [0.5, 0.6) is 17.2 Å². The lowest BCUT2D eigenvalue weighted by atomic mass is 10.1. The molecular formula is C13H16F3NO4. The van der Waals surface area contributed by atoms with Crippen LogP contribution in [0.1, 0.15) is 5.56 Å². The van der Waals surface area contributed by atoms with Gasteiger partial charge in [0.15, 0.2) is 11.5 Å². The first-order valence-electron chi connectivity index (χ1n) is 5.97. The summed E-state index contributed by atoms with van der Waals surface area (Å²) in [6.45, 7) is -0.176. The minimum atomic E-state index is -4.89. The predicted octanol–water partition coefficient (Wildman–Crippen LogP) is 1.93. The molecule has 0 heterocycles. The molecule has 5 nitrogen and oxygen atoms in total. The van der Waals surface area contributed by atoms with Crippen LogP contribution in [0.3, 0.4) is 0 Å². The second-order valence-electron chi connectivity index (χ2n) is 4.02. The number of hydrogen-bond donors (Lipinski definition) is 1. The molecule has 0 aromatic heterocycles. The van der Waals surface area contributed by atoms with Gasteiger partial charge in [-0.3, -0.25) is 4.79 Å². The Morgan fingerprint density at radius 1 is 1.05 bits per heavy atom. The first-order chi connectivity index (χ1) is 9.83. The Balaban J connectivity index is 2.81. The molecule has 1 aromatic rings. The third kappa shape index (κ3) is 4.44. The Labute approximate surface area is 120 Å². The standard InChI is InChI=1S/C13H16F3NO4/c1-19-9-7-11(21-3)10(20-2)6-8(9)4-5-17-12(18)13(14,15)16/h6-7H,4-5H2,1-3H3,(H,17,18). The molecule has 1 N–H and O–H groups in total. The van der Waals surface area contributed by atoms with Gasteiger partial charge >= 0.3 is 12.1 Å². The number of benzene rings is 1. The monoisotopic (exact) mass is 307 g/mol. The number of methoxy groups -OCH3 is 3. The van der Waals surface area contributed by atoms with E-state index in [1.807, 2.05) is 0 Å². The molecule has 0 atom stereocenters. The lowest BCUT2D eigenvalue weighted by molar-refractivity contribution is -0.173. The number of amides is 1. The maximum atomic E-state index is 12.1. The second kappa shape index (κ2) is 7.05. The molecule has 0 aliphatic carbocycles. The molecule has 0 unspecified atom stereocenters. The number of rotatable bonds is 6. The highest BCUT2D eigenvalue weighted by atomic mass is 19.4. The zero-order valence-electron chi connectivity index (χ0n) is 11.8. The lowest BCUT2D eigenvalue weighted by Crippen LogP contribution is -2.37. The van der Waals surface area contributed by atoms with Crippen LogP contribution < -0.4 is 19.5 Å². The van der Waals surface area contributed by atoms with Gasteiger partial charge in [0.1, 0.15) is 5.75 Å². The highest BCUT2D eigenvalue weighted by Crippen LogP contribution is 2.34. The van der Waals surface area contributed by atoms with E-state index in [9.17, 15) is 18.0 Å². The summed E-state index contributed by atoms with van der Waals surface area (Å²) in [4.78, 5) is 10.7. The number of alkyl halides is 3. The molecule has 1 aromatic carbocycles. The molecule has 0 saturated carbocycles. The van der Waals surface area contributed by atoms with Crippen LogP contribution in [0.4, 0.5) is 13.2 Å². The van der Waals surface area contributed by atoms with Crippen LogP contribution in [-0.4, -0.2) is 40.0 Å². The molecule has 0 bridgehead atoms. The highest BCUT2D eigenvalue weighted by molar-refractivity contribution is 5.81. The third-order valence-electron chi connectivity index (χ3n) is 2.72. The van der Waals surface area contributed by atoms with Gasteiger partial charge < -0.3 is 19.5 Å². The van der Waals surface area contributed by atoms with Crippen molar-refractivity contribution in [3.05, 3.63) is 17.7 Å². The van der Waals surface area contributed by atoms with Gasteiger partial charge in [-0.25, -0.2) is 0 Å². The molecule has 0 aliphatic rings. The first-order valence-corrected chi connectivity index (χ1v) is 5.97. The van der Waals surface area contributed by atoms with E-state index in [2.05, 4.69) is 0 Å². The molecule has 0 spiro atoms. The van der Waals surface area contributed by atoms with E-state index in [0.717, 1.165) is 0 Å². The van der Waals surface area contributed by atoms with Crippen LogP contribution in [0.25, 0.3) is 0 Å². The van der Waals surface area contributed by atoms with E-state index in [0.29, 0.717) is 22.8 Å². The number of carbonyl (C=O) groups excluding carboxylic acids is 1. The summed E-state index contributed by atoms with van der Waals surface area (Å²) in [5.74, 6) is -0.663. The summed E-state index contributed by atoms with van der Waals surface area (Å²) in [5, 5.41) is 1.80. The van der Waals surface area contributed by atoms with Gasteiger partial charge in [0.05, 0.1) is 21.3 Å². The maximum Gasteiger partial charge on any atom is 0.471 e. The average Bonchev–Trinajstić information content (AvgIpc) is 2.45. The van der Waals surface area contributed by atoms with Crippen molar-refractivity contribution < 1.29 is 32.2 Å². The number of ether oxygens (including phenoxy) is 3. The van der Waals surface area contributed by atoms with E-state index in [1.165, 1.54) is 21.3 Å². The van der Waals surface area contributed by atoms with Crippen LogP contribution in [0.15, 0.2) is 12.1 Å². The van der Waals surface area contributed by atoms with E-state index in [4.69, 9.17) is 14.2 Å². The van der Waals surface area contributed by atoms with Crippen molar-refractivity contribution in [2.45, 2.75) is 12.6 Å². The van der Waals surface area contributed by atoms with Gasteiger partial charge in [-0.2, -0.15) is 13.2 Å². The summed E-state index contributed by atoms with van der Waals surface area (Å²) < 4.78 is 51.5. The quantitative estimate of drug-likeness (QED) is 0.872. The van der Waals surface area contributed by atoms with E-state index in [1.54, 1.807) is 17.4 Å². The fourth-order valence-corrected chi connectivity index (χ4v) is 1.70. The fraction of sp³-hybridized carbons (Fsp3) is 0.462. The summed E-state index contributed by atoms with van der Waals surface area (Å²) >= 11 is 0. The Kier molecular flexibility index (Phi) is 5.69. The molecule has 118 valence electrons. The van der Waals surface area contributed by atoms with Crippen molar-refractivity contribution in [3.63, 3.8) is 0 Å². The molecule has 0 saturated heterocycles. The highest BCUT2D eigenvalue weighted by Gasteiger charge is 2.38. The maximum absolute atomic E-state index is 12.1. The van der Waals surface area contributed by atoms with Gasteiger partial charge in [-0.05, 0) is 18.1 Å². The second-order valence-corrected chi connectivity index (χ2v) is 4.02. The van der Waals surface area contributed by atoms with Crippen molar-refractivity contribution >= 4 is 5.91 Å². The summed E-state index contributed by atoms with van der Waals surface area (Å²) in [5.41, 5.74) is 0.595. The van der Waals surface area contributed by atoms with Crippen molar-refractivity contribution in [3.8, 4) is 17.2 Å². The van der Waals surface area contributed by atoms with E-state index in [-0.39, 0.29) is 13.0 Å². The normalized spacial score (nSPS) is 11.0. The summed E-state index contributed by atoms with van der Waals surface area (Å²) in [6, 6.07) is 3.16. The van der Waals surface area contributed by atoms with Crippen molar-refractivity contribution in [2.24, 2.45) is 0 Å². The van der Waals surface area contributed by atoms with Crippen LogP contribution >= 0.6 is 0 Å². The zero-order chi connectivity index (χ0) is 16.0. The molecule has 0 radical (unpaired) electrons.